The first-order chi connectivity index (χ1) is 14.6. The topological polar surface area (TPSA) is 59.9 Å². The molecule has 0 unspecified atom stereocenters. The summed E-state index contributed by atoms with van der Waals surface area (Å²) in [6, 6.07) is 11.0. The number of carbonyl (C=O) groups excluding carboxylic acids is 1. The molecular weight excluding hydrogens is 420 g/mol. The van der Waals surface area contributed by atoms with Gasteiger partial charge in [-0.3, -0.25) is 4.79 Å². The van der Waals surface area contributed by atoms with Crippen molar-refractivity contribution in [2.45, 2.75) is 18.2 Å². The summed E-state index contributed by atoms with van der Waals surface area (Å²) < 4.78 is 11.4. The molecule has 1 N–H and O–H groups in total. The van der Waals surface area contributed by atoms with Gasteiger partial charge in [-0.05, 0) is 55.3 Å². The van der Waals surface area contributed by atoms with Crippen molar-refractivity contribution in [2.75, 3.05) is 19.0 Å². The van der Waals surface area contributed by atoms with Crippen LogP contribution in [0.25, 0.3) is 0 Å². The molecule has 5 nitrogen and oxygen atoms in total. The molecule has 0 saturated carbocycles. The lowest BCUT2D eigenvalue weighted by atomic mass is 10.1. The number of thioether (sulfide) groups is 1. The highest BCUT2D eigenvalue weighted by Gasteiger charge is 2.12. The first-order valence-corrected chi connectivity index (χ1v) is 10.6. The average molecular weight is 443 g/mol. The number of hydrogen-bond acceptors (Lipinski definition) is 5. The predicted octanol–water partition coefficient (Wildman–Crippen LogP) is 4.72. The monoisotopic (exact) mass is 442 g/mol. The highest BCUT2D eigenvalue weighted by molar-refractivity contribution is 8.00. The third-order valence-electron chi connectivity index (χ3n) is 3.70. The zero-order chi connectivity index (χ0) is 21.8. The average Bonchev–Trinajstić information content (AvgIpc) is 2.73. The second kappa shape index (κ2) is 12.6. The number of nitrogens with zero attached hydrogens (tertiary/aromatic N) is 1. The Morgan fingerprint density at radius 2 is 2.10 bits per heavy atom. The number of rotatable bonds is 11. The van der Waals surface area contributed by atoms with Gasteiger partial charge in [0.1, 0.15) is 6.61 Å². The molecule has 0 fully saturated rings. The van der Waals surface area contributed by atoms with E-state index >= 15 is 0 Å². The van der Waals surface area contributed by atoms with Gasteiger partial charge in [0.15, 0.2) is 11.5 Å². The molecule has 0 aliphatic carbocycles. The van der Waals surface area contributed by atoms with Crippen molar-refractivity contribution in [3.63, 3.8) is 0 Å². The molecule has 0 aliphatic rings. The maximum absolute atomic E-state index is 12.0. The normalized spacial score (nSPS) is 10.4. The molecule has 2 rings (SSSR count). The molecule has 0 radical (unpaired) electrons. The van der Waals surface area contributed by atoms with Gasteiger partial charge in [-0.1, -0.05) is 23.6 Å². The van der Waals surface area contributed by atoms with Crippen molar-refractivity contribution >= 4 is 35.5 Å². The van der Waals surface area contributed by atoms with Gasteiger partial charge in [0, 0.05) is 15.5 Å². The van der Waals surface area contributed by atoms with E-state index in [1.807, 2.05) is 25.1 Å². The van der Waals surface area contributed by atoms with Crippen LogP contribution in [0.5, 0.6) is 11.5 Å². The van der Waals surface area contributed by atoms with E-state index in [0.717, 1.165) is 16.0 Å². The molecule has 7 heteroatoms. The number of hydrogen-bond donors (Lipinski definition) is 1. The van der Waals surface area contributed by atoms with Crippen LogP contribution in [0, 0.1) is 12.3 Å². The number of terminal acetylenes is 1. The van der Waals surface area contributed by atoms with Gasteiger partial charge in [-0.15, -0.1) is 24.8 Å². The third-order valence-corrected chi connectivity index (χ3v) is 4.97. The van der Waals surface area contributed by atoms with E-state index in [1.54, 1.807) is 30.5 Å². The maximum Gasteiger partial charge on any atom is 0.250 e. The highest BCUT2D eigenvalue weighted by Crippen LogP contribution is 2.33. The van der Waals surface area contributed by atoms with Gasteiger partial charge < -0.3 is 9.47 Å². The first-order valence-electron chi connectivity index (χ1n) is 9.24. The predicted molar refractivity (Wildman–Crippen MR) is 124 cm³/mol. The summed E-state index contributed by atoms with van der Waals surface area (Å²) in [6.07, 6.45) is 9.22. The van der Waals surface area contributed by atoms with Crippen molar-refractivity contribution in [3.05, 3.63) is 65.2 Å². The van der Waals surface area contributed by atoms with Crippen LogP contribution in [0.3, 0.4) is 0 Å². The van der Waals surface area contributed by atoms with E-state index < -0.39 is 0 Å². The Balaban J connectivity index is 2.05. The van der Waals surface area contributed by atoms with Crippen molar-refractivity contribution in [1.82, 2.24) is 5.43 Å². The van der Waals surface area contributed by atoms with E-state index in [9.17, 15) is 4.79 Å². The number of benzene rings is 2. The van der Waals surface area contributed by atoms with E-state index in [-0.39, 0.29) is 18.3 Å². The van der Waals surface area contributed by atoms with Crippen LogP contribution in [-0.2, 0) is 11.2 Å². The number of amides is 1. The Kier molecular flexibility index (Phi) is 9.85. The lowest BCUT2D eigenvalue weighted by Gasteiger charge is -2.15. The fourth-order valence-electron chi connectivity index (χ4n) is 2.50. The number of halogens is 1. The minimum Gasteiger partial charge on any atom is -0.490 e. The first kappa shape index (κ1) is 23.4. The van der Waals surface area contributed by atoms with Gasteiger partial charge in [0.25, 0.3) is 0 Å². The summed E-state index contributed by atoms with van der Waals surface area (Å²) in [5, 5.41) is 4.71. The van der Waals surface area contributed by atoms with Gasteiger partial charge in [-0.25, -0.2) is 5.43 Å². The quantitative estimate of drug-likeness (QED) is 0.180. The summed E-state index contributed by atoms with van der Waals surface area (Å²) in [4.78, 5) is 13.0. The van der Waals surface area contributed by atoms with Gasteiger partial charge in [0.05, 0.1) is 18.6 Å². The second-order valence-corrected chi connectivity index (χ2v) is 7.45. The molecular formula is C23H23ClN2O3S. The van der Waals surface area contributed by atoms with E-state index in [4.69, 9.17) is 27.5 Å². The molecule has 0 aromatic heterocycles. The molecule has 1 amide bonds. The Morgan fingerprint density at radius 3 is 2.77 bits per heavy atom. The van der Waals surface area contributed by atoms with E-state index in [0.29, 0.717) is 29.5 Å². The molecule has 0 aliphatic heterocycles. The maximum atomic E-state index is 12.0. The van der Waals surface area contributed by atoms with Crippen molar-refractivity contribution in [2.24, 2.45) is 5.10 Å². The Labute approximate surface area is 186 Å². The molecule has 2 aromatic rings. The number of carbonyl (C=O) groups is 1. The van der Waals surface area contributed by atoms with Crippen molar-refractivity contribution < 1.29 is 14.3 Å². The number of ether oxygens (including phenoxy) is 2. The van der Waals surface area contributed by atoms with Crippen LogP contribution in [0.2, 0.25) is 5.02 Å². The zero-order valence-electron chi connectivity index (χ0n) is 16.7. The Morgan fingerprint density at radius 1 is 1.33 bits per heavy atom. The van der Waals surface area contributed by atoms with Crippen LogP contribution >= 0.6 is 23.4 Å². The SMILES string of the molecule is C#CCOc1c(CC=C)cc(/C=N\NC(=O)CSc2ccc(Cl)cc2)cc1OCC. The standard InChI is InChI=1S/C23H23ClN2O3S/c1-4-7-18-13-17(14-21(28-6-3)23(18)29-12-5-2)15-25-26-22(27)16-30-20-10-8-19(24)9-11-20/h2,4,8-11,13-15H,1,6-7,12,16H2,3H3,(H,26,27)/b25-15-. The third kappa shape index (κ3) is 7.51. The van der Waals surface area contributed by atoms with Crippen LogP contribution < -0.4 is 14.9 Å². The van der Waals surface area contributed by atoms with Crippen molar-refractivity contribution in [1.29, 1.82) is 0 Å². The Bertz CT molecular complexity index is 937. The van der Waals surface area contributed by atoms with E-state index in [2.05, 4.69) is 23.0 Å². The molecule has 0 bridgehead atoms. The molecule has 156 valence electrons. The lowest BCUT2D eigenvalue weighted by Crippen LogP contribution is -2.19. The lowest BCUT2D eigenvalue weighted by molar-refractivity contribution is -0.118. The highest BCUT2D eigenvalue weighted by atomic mass is 35.5. The van der Waals surface area contributed by atoms with Crippen molar-refractivity contribution in [3.8, 4) is 23.8 Å². The summed E-state index contributed by atoms with van der Waals surface area (Å²) in [5.74, 6) is 3.65. The molecule has 0 atom stereocenters. The summed E-state index contributed by atoms with van der Waals surface area (Å²) in [6.45, 7) is 6.28. The fourth-order valence-corrected chi connectivity index (χ4v) is 3.31. The molecule has 2 aromatic carbocycles. The minimum absolute atomic E-state index is 0.138. The molecule has 0 saturated heterocycles. The zero-order valence-corrected chi connectivity index (χ0v) is 18.3. The van der Waals surface area contributed by atoms with Crippen LogP contribution in [0.1, 0.15) is 18.1 Å². The second-order valence-electron chi connectivity index (χ2n) is 5.96. The molecule has 0 heterocycles. The smallest absolute Gasteiger partial charge is 0.250 e. The molecule has 30 heavy (non-hydrogen) atoms. The fraction of sp³-hybridized carbons (Fsp3) is 0.217. The van der Waals surface area contributed by atoms with Crippen LogP contribution in [-0.4, -0.2) is 31.1 Å². The van der Waals surface area contributed by atoms with Gasteiger partial charge in [-0.2, -0.15) is 5.10 Å². The molecule has 0 spiro atoms. The summed E-state index contributed by atoms with van der Waals surface area (Å²) in [5.41, 5.74) is 4.16. The number of allylic oxidation sites excluding steroid dienone is 1. The largest absolute Gasteiger partial charge is 0.490 e. The van der Waals surface area contributed by atoms with Crippen LogP contribution in [0.15, 0.2) is 59.1 Å². The Hall–Kier alpha value is -2.88. The summed E-state index contributed by atoms with van der Waals surface area (Å²) in [7, 11) is 0. The van der Waals surface area contributed by atoms with Crippen LogP contribution in [0.4, 0.5) is 0 Å². The minimum atomic E-state index is -0.212. The summed E-state index contributed by atoms with van der Waals surface area (Å²) >= 11 is 7.26. The number of hydrazone groups is 1. The van der Waals surface area contributed by atoms with Gasteiger partial charge in [0.2, 0.25) is 5.91 Å². The van der Waals surface area contributed by atoms with E-state index in [1.165, 1.54) is 11.8 Å². The number of nitrogens with one attached hydrogen (secondary N) is 1. The van der Waals surface area contributed by atoms with Gasteiger partial charge >= 0.3 is 0 Å².